The Morgan fingerprint density at radius 2 is 1.38 bits per heavy atom. The van der Waals surface area contributed by atoms with Crippen LogP contribution in [0.25, 0.3) is 22.8 Å². The average molecular weight is 313 g/mol. The maximum atomic E-state index is 4.73. The van der Waals surface area contributed by atoms with E-state index in [1.54, 1.807) is 0 Å². The van der Waals surface area contributed by atoms with Crippen LogP contribution < -0.4 is 4.80 Å². The van der Waals surface area contributed by atoms with Gasteiger partial charge in [-0.1, -0.05) is 54.1 Å². The summed E-state index contributed by atoms with van der Waals surface area (Å²) in [5.74, 6) is 0.697. The third-order valence-electron chi connectivity index (χ3n) is 3.84. The van der Waals surface area contributed by atoms with E-state index >= 15 is 0 Å². The first-order chi connectivity index (χ1) is 11.8. The number of benzene rings is 3. The van der Waals surface area contributed by atoms with Crippen LogP contribution in [-0.2, 0) is 0 Å². The Kier molecular flexibility index (Phi) is 3.63. The fraction of sp³-hybridized carbons (Fsp3) is 0.0500. The van der Waals surface area contributed by atoms with Crippen molar-refractivity contribution < 1.29 is 4.80 Å². The zero-order valence-corrected chi connectivity index (χ0v) is 13.4. The highest BCUT2D eigenvalue weighted by atomic mass is 15.7. The van der Waals surface area contributed by atoms with Gasteiger partial charge in [-0.3, -0.25) is 0 Å². The fourth-order valence-electron chi connectivity index (χ4n) is 2.56. The van der Waals surface area contributed by atoms with E-state index in [1.807, 2.05) is 70.3 Å². The van der Waals surface area contributed by atoms with Crippen LogP contribution in [0.15, 0.2) is 84.9 Å². The van der Waals surface area contributed by atoms with Gasteiger partial charge in [0.2, 0.25) is 0 Å². The number of hydrogen-bond donors (Lipinski definition) is 0. The second-order valence-corrected chi connectivity index (χ2v) is 5.64. The van der Waals surface area contributed by atoms with Gasteiger partial charge in [-0.2, -0.15) is 0 Å². The third-order valence-corrected chi connectivity index (χ3v) is 3.84. The molecule has 0 atom stereocenters. The summed E-state index contributed by atoms with van der Waals surface area (Å²) in [5, 5.41) is 9.45. The Hall–Kier alpha value is -3.27. The highest BCUT2D eigenvalue weighted by Crippen LogP contribution is 2.15. The van der Waals surface area contributed by atoms with Crippen molar-refractivity contribution in [2.24, 2.45) is 0 Å². The molecule has 0 radical (unpaired) electrons. The first-order valence-electron chi connectivity index (χ1n) is 7.89. The summed E-state index contributed by atoms with van der Waals surface area (Å²) in [6, 6.07) is 28.3. The molecule has 24 heavy (non-hydrogen) atoms. The maximum absolute atomic E-state index is 4.73. The molecule has 0 saturated heterocycles. The van der Waals surface area contributed by atoms with Gasteiger partial charge in [-0.15, -0.1) is 0 Å². The van der Waals surface area contributed by atoms with E-state index in [4.69, 9.17) is 10.2 Å². The van der Waals surface area contributed by atoms with Gasteiger partial charge in [0.05, 0.1) is 10.7 Å². The Balaban J connectivity index is 1.89. The van der Waals surface area contributed by atoms with Crippen LogP contribution in [0.2, 0.25) is 0 Å². The van der Waals surface area contributed by atoms with E-state index in [0.717, 1.165) is 16.9 Å². The van der Waals surface area contributed by atoms with E-state index in [2.05, 4.69) is 31.2 Å². The molecule has 0 amide bonds. The van der Waals surface area contributed by atoms with Crippen LogP contribution >= 0.6 is 0 Å². The predicted molar refractivity (Wildman–Crippen MR) is 93.1 cm³/mol. The van der Waals surface area contributed by atoms with Crippen molar-refractivity contribution in [2.75, 3.05) is 0 Å². The van der Waals surface area contributed by atoms with Gasteiger partial charge in [-0.25, -0.2) is 0 Å². The number of hydrogen-bond acceptors (Lipinski definition) is 2. The van der Waals surface area contributed by atoms with Crippen molar-refractivity contribution >= 4 is 0 Å². The van der Waals surface area contributed by atoms with E-state index < -0.39 is 0 Å². The number of rotatable bonds is 3. The summed E-state index contributed by atoms with van der Waals surface area (Å²) in [6.07, 6.45) is 0. The third kappa shape index (κ3) is 2.70. The normalized spacial score (nSPS) is 10.7. The lowest BCUT2D eigenvalue weighted by atomic mass is 10.1. The number of tetrazole rings is 1. The topological polar surface area (TPSA) is 34.6 Å². The van der Waals surface area contributed by atoms with E-state index in [9.17, 15) is 0 Å². The molecule has 0 aliphatic rings. The summed E-state index contributed by atoms with van der Waals surface area (Å²) in [5.41, 5.74) is 4.15. The second kappa shape index (κ2) is 6.08. The van der Waals surface area contributed by atoms with Gasteiger partial charge in [0.1, 0.15) is 5.69 Å². The highest BCUT2D eigenvalue weighted by Gasteiger charge is 2.22. The molecular weight excluding hydrogens is 296 g/mol. The van der Waals surface area contributed by atoms with Crippen LogP contribution in [0.5, 0.6) is 0 Å². The number of para-hydroxylation sites is 2. The smallest absolute Gasteiger partial charge is 0.0621 e. The van der Waals surface area contributed by atoms with Crippen LogP contribution in [0.3, 0.4) is 0 Å². The quantitative estimate of drug-likeness (QED) is 0.542. The molecule has 116 valence electrons. The predicted octanol–water partition coefficient (Wildman–Crippen LogP) is 3.52. The Labute approximate surface area is 140 Å². The highest BCUT2D eigenvalue weighted by molar-refractivity contribution is 5.54. The van der Waals surface area contributed by atoms with Crippen molar-refractivity contribution in [3.05, 3.63) is 90.5 Å². The fourth-order valence-corrected chi connectivity index (χ4v) is 2.56. The molecule has 4 heteroatoms. The Morgan fingerprint density at radius 1 is 0.750 bits per heavy atom. The molecule has 0 bridgehead atoms. The van der Waals surface area contributed by atoms with E-state index in [0.29, 0.717) is 5.82 Å². The first-order valence-corrected chi connectivity index (χ1v) is 7.89. The second-order valence-electron chi connectivity index (χ2n) is 5.64. The minimum atomic E-state index is 0.697. The standard InChI is InChI=1S/C20H17N4/c1-16-12-14-17(15-13-16)20-21-23(18-8-4-2-5-9-18)24(22-20)19-10-6-3-7-11-19/h2-15H,1H3/q+1. The van der Waals surface area contributed by atoms with Crippen molar-refractivity contribution in [2.45, 2.75) is 6.92 Å². The summed E-state index contributed by atoms with van der Waals surface area (Å²) in [6.45, 7) is 2.07. The number of aryl methyl sites for hydroxylation is 1. The Morgan fingerprint density at radius 3 is 2.04 bits per heavy atom. The van der Waals surface area contributed by atoms with Crippen molar-refractivity contribution in [1.82, 2.24) is 15.0 Å². The maximum Gasteiger partial charge on any atom is 0.340 e. The molecule has 4 aromatic rings. The largest absolute Gasteiger partial charge is 0.340 e. The lowest BCUT2D eigenvalue weighted by Gasteiger charge is -1.98. The van der Waals surface area contributed by atoms with E-state index in [1.165, 1.54) is 5.56 Å². The van der Waals surface area contributed by atoms with Crippen LogP contribution in [0.4, 0.5) is 0 Å². The lowest BCUT2D eigenvalue weighted by Crippen LogP contribution is -2.43. The molecule has 1 aromatic heterocycles. The van der Waals surface area contributed by atoms with Gasteiger partial charge < -0.3 is 0 Å². The molecule has 0 fully saturated rings. The minimum Gasteiger partial charge on any atom is -0.0621 e. The summed E-state index contributed by atoms with van der Waals surface area (Å²) >= 11 is 0. The molecule has 3 aromatic carbocycles. The minimum absolute atomic E-state index is 0.697. The summed E-state index contributed by atoms with van der Waals surface area (Å²) in [4.78, 5) is 3.65. The molecule has 0 spiro atoms. The summed E-state index contributed by atoms with van der Waals surface area (Å²) < 4.78 is 0. The van der Waals surface area contributed by atoms with Crippen molar-refractivity contribution in [3.8, 4) is 22.8 Å². The van der Waals surface area contributed by atoms with Crippen molar-refractivity contribution in [3.63, 3.8) is 0 Å². The molecule has 0 N–H and O–H groups in total. The molecule has 0 unspecified atom stereocenters. The van der Waals surface area contributed by atoms with Crippen molar-refractivity contribution in [1.29, 1.82) is 0 Å². The first kappa shape index (κ1) is 14.3. The molecule has 4 nitrogen and oxygen atoms in total. The van der Waals surface area contributed by atoms with Crippen LogP contribution in [-0.4, -0.2) is 15.0 Å². The monoisotopic (exact) mass is 313 g/mol. The molecular formula is C20H17N4+. The van der Waals surface area contributed by atoms with E-state index in [-0.39, 0.29) is 0 Å². The molecule has 0 aliphatic carbocycles. The Bertz CT molecular complexity index is 885. The number of nitrogens with zero attached hydrogens (tertiary/aromatic N) is 4. The zero-order chi connectivity index (χ0) is 16.4. The van der Waals surface area contributed by atoms with Gasteiger partial charge in [0, 0.05) is 4.80 Å². The average Bonchev–Trinajstić information content (AvgIpc) is 3.09. The molecule has 4 rings (SSSR count). The van der Waals surface area contributed by atoms with Gasteiger partial charge in [0.25, 0.3) is 0 Å². The molecule has 0 aliphatic heterocycles. The SMILES string of the molecule is Cc1ccc(-c2nn(-c3ccccc3)[n+](-c3ccccc3)n2)cc1. The summed E-state index contributed by atoms with van der Waals surface area (Å²) in [7, 11) is 0. The molecule has 0 saturated carbocycles. The van der Waals surface area contributed by atoms with Gasteiger partial charge in [0.15, 0.2) is 5.69 Å². The van der Waals surface area contributed by atoms with Crippen LogP contribution in [0.1, 0.15) is 5.56 Å². The number of aromatic nitrogens is 4. The van der Waals surface area contributed by atoms with Gasteiger partial charge >= 0.3 is 5.82 Å². The molecule has 1 heterocycles. The van der Waals surface area contributed by atoms with Gasteiger partial charge in [-0.05, 0) is 53.2 Å². The zero-order valence-electron chi connectivity index (χ0n) is 13.4. The van der Waals surface area contributed by atoms with Crippen LogP contribution in [0, 0.1) is 6.92 Å². The lowest BCUT2D eigenvalue weighted by molar-refractivity contribution is -0.734.